The maximum Gasteiger partial charge on any atom is 0.336 e. The highest BCUT2D eigenvalue weighted by atomic mass is 16.6. The van der Waals surface area contributed by atoms with E-state index in [9.17, 15) is 34.6 Å². The molecule has 0 aliphatic heterocycles. The molecule has 0 heterocycles. The summed E-state index contributed by atoms with van der Waals surface area (Å²) in [5, 5.41) is 28.6. The summed E-state index contributed by atoms with van der Waals surface area (Å²) in [5.41, 5.74) is 4.02. The van der Waals surface area contributed by atoms with Crippen LogP contribution in [0.3, 0.4) is 0 Å². The molecule has 0 saturated heterocycles. The molecule has 0 saturated carbocycles. The molecule has 0 spiro atoms. The zero-order valence-electron chi connectivity index (χ0n) is 22.8. The number of nitrogens with one attached hydrogen (secondary N) is 2. The number of hydrogen-bond acceptors (Lipinski definition) is 9. The monoisotopic (exact) mass is 593 g/mol. The molecule has 13 nitrogen and oxygen atoms in total. The number of anilines is 1. The number of carbonyl (C=O) groups excluding carboxylic acids is 3. The van der Waals surface area contributed by atoms with Gasteiger partial charge in [-0.1, -0.05) is 30.3 Å². The number of nitrogens with zero attached hydrogens (tertiary/aromatic N) is 3. The number of hydrazone groups is 1. The SMILES string of the molecule is O=C(Cc1ccccc1)Nc1ccc(C(=O)N/N=C/c2cc([N+](=O)[O-])ccc2OC(=O)/C=C/c2ccc([N+](=O)[O-])cc2)cc1. The van der Waals surface area contributed by atoms with Crippen molar-refractivity contribution < 1.29 is 29.0 Å². The van der Waals surface area contributed by atoms with E-state index in [1.54, 1.807) is 12.1 Å². The van der Waals surface area contributed by atoms with E-state index in [0.717, 1.165) is 30.0 Å². The Morgan fingerprint density at radius 1 is 0.818 bits per heavy atom. The molecule has 0 radical (unpaired) electrons. The van der Waals surface area contributed by atoms with E-state index in [1.807, 2.05) is 30.3 Å². The average Bonchev–Trinajstić information content (AvgIpc) is 3.01. The van der Waals surface area contributed by atoms with E-state index < -0.39 is 21.7 Å². The van der Waals surface area contributed by atoms with Gasteiger partial charge in [0.25, 0.3) is 17.3 Å². The molecular weight excluding hydrogens is 570 g/mol. The number of rotatable bonds is 11. The van der Waals surface area contributed by atoms with E-state index >= 15 is 0 Å². The molecule has 0 unspecified atom stereocenters. The largest absolute Gasteiger partial charge is 0.423 e. The first-order valence-corrected chi connectivity index (χ1v) is 12.9. The molecule has 2 amide bonds. The number of non-ortho nitro benzene ring substituents is 2. The number of nitro benzene ring substituents is 2. The van der Waals surface area contributed by atoms with Gasteiger partial charge in [0.05, 0.1) is 22.5 Å². The first kappa shape index (κ1) is 30.5. The van der Waals surface area contributed by atoms with Gasteiger partial charge in [-0.05, 0) is 59.7 Å². The normalized spacial score (nSPS) is 10.8. The predicted molar refractivity (Wildman–Crippen MR) is 161 cm³/mol. The lowest BCUT2D eigenvalue weighted by atomic mass is 10.1. The van der Waals surface area contributed by atoms with E-state index in [0.29, 0.717) is 11.3 Å². The van der Waals surface area contributed by atoms with Crippen LogP contribution >= 0.6 is 0 Å². The summed E-state index contributed by atoms with van der Waals surface area (Å²) in [6.07, 6.45) is 3.75. The van der Waals surface area contributed by atoms with Crippen molar-refractivity contribution in [3.05, 3.63) is 146 Å². The third kappa shape index (κ3) is 8.75. The summed E-state index contributed by atoms with van der Waals surface area (Å²) in [4.78, 5) is 58.1. The molecule has 0 aromatic heterocycles. The lowest BCUT2D eigenvalue weighted by Gasteiger charge is -2.07. The number of carbonyl (C=O) groups is 3. The molecule has 44 heavy (non-hydrogen) atoms. The van der Waals surface area contributed by atoms with Crippen molar-refractivity contribution >= 4 is 47.1 Å². The highest BCUT2D eigenvalue weighted by Crippen LogP contribution is 2.23. The number of hydrogen-bond donors (Lipinski definition) is 2. The van der Waals surface area contributed by atoms with E-state index in [2.05, 4.69) is 15.8 Å². The Labute approximate surface area is 249 Å². The third-order valence-corrected chi connectivity index (χ3v) is 5.94. The molecule has 0 bridgehead atoms. The lowest BCUT2D eigenvalue weighted by Crippen LogP contribution is -2.18. The van der Waals surface area contributed by atoms with Gasteiger partial charge in [0.1, 0.15) is 5.75 Å². The van der Waals surface area contributed by atoms with Crippen LogP contribution in [0.25, 0.3) is 6.08 Å². The van der Waals surface area contributed by atoms with E-state index in [-0.39, 0.29) is 40.6 Å². The number of benzene rings is 4. The number of nitro groups is 2. The highest BCUT2D eigenvalue weighted by molar-refractivity contribution is 5.97. The van der Waals surface area contributed by atoms with Gasteiger partial charge in [-0.15, -0.1) is 0 Å². The fourth-order valence-corrected chi connectivity index (χ4v) is 3.77. The second-order valence-corrected chi connectivity index (χ2v) is 9.07. The van der Waals surface area contributed by atoms with Gasteiger partial charge in [-0.2, -0.15) is 5.10 Å². The molecule has 13 heteroatoms. The van der Waals surface area contributed by atoms with Crippen LogP contribution < -0.4 is 15.5 Å². The van der Waals surface area contributed by atoms with Crippen molar-refractivity contribution in [2.75, 3.05) is 5.32 Å². The van der Waals surface area contributed by atoms with Gasteiger partial charge in [-0.3, -0.25) is 29.8 Å². The molecule has 0 aliphatic carbocycles. The zero-order chi connectivity index (χ0) is 31.5. The van der Waals surface area contributed by atoms with Crippen molar-refractivity contribution in [2.24, 2.45) is 5.10 Å². The van der Waals surface area contributed by atoms with Crippen LogP contribution in [0.2, 0.25) is 0 Å². The molecule has 4 aromatic carbocycles. The molecule has 0 aliphatic rings. The zero-order valence-corrected chi connectivity index (χ0v) is 22.8. The predicted octanol–water partition coefficient (Wildman–Crippen LogP) is 5.07. The van der Waals surface area contributed by atoms with Gasteiger partial charge in [-0.25, -0.2) is 10.2 Å². The van der Waals surface area contributed by atoms with Crippen LogP contribution in [-0.2, 0) is 16.0 Å². The maximum atomic E-state index is 12.6. The van der Waals surface area contributed by atoms with Crippen LogP contribution in [0.4, 0.5) is 17.1 Å². The second kappa shape index (κ2) is 14.4. The van der Waals surface area contributed by atoms with Crippen LogP contribution in [0.1, 0.15) is 27.0 Å². The quantitative estimate of drug-likeness (QED) is 0.0603. The standard InChI is InChI=1S/C31H23N5O8/c37-29(18-22-4-2-1-3-5-22)33-25-11-9-23(10-12-25)31(39)34-32-20-24-19-27(36(42)43)15-16-28(24)44-30(38)17-8-21-6-13-26(14-7-21)35(40)41/h1-17,19-20H,18H2,(H,33,37)(H,34,39)/b17-8+,32-20+. The van der Waals surface area contributed by atoms with Gasteiger partial charge in [0.2, 0.25) is 5.91 Å². The number of amides is 2. The molecular formula is C31H23N5O8. The molecule has 220 valence electrons. The van der Waals surface area contributed by atoms with Crippen LogP contribution in [0, 0.1) is 20.2 Å². The number of esters is 1. The molecule has 4 rings (SSSR count). The minimum absolute atomic E-state index is 0.0352. The number of ether oxygens (including phenoxy) is 1. The summed E-state index contributed by atoms with van der Waals surface area (Å²) in [7, 11) is 0. The Bertz CT molecular complexity index is 1750. The highest BCUT2D eigenvalue weighted by Gasteiger charge is 2.14. The summed E-state index contributed by atoms with van der Waals surface area (Å²) in [6.45, 7) is 0. The average molecular weight is 594 g/mol. The summed E-state index contributed by atoms with van der Waals surface area (Å²) in [5.74, 6) is -1.71. The minimum Gasteiger partial charge on any atom is -0.423 e. The van der Waals surface area contributed by atoms with Gasteiger partial charge >= 0.3 is 5.97 Å². The minimum atomic E-state index is -0.827. The fourth-order valence-electron chi connectivity index (χ4n) is 3.77. The van der Waals surface area contributed by atoms with Crippen molar-refractivity contribution in [2.45, 2.75) is 6.42 Å². The Balaban J connectivity index is 1.38. The van der Waals surface area contributed by atoms with E-state index in [1.165, 1.54) is 48.5 Å². The summed E-state index contributed by atoms with van der Waals surface area (Å²) in [6, 6.07) is 24.2. The smallest absolute Gasteiger partial charge is 0.336 e. The Morgan fingerprint density at radius 3 is 2.14 bits per heavy atom. The van der Waals surface area contributed by atoms with Crippen molar-refractivity contribution in [3.63, 3.8) is 0 Å². The van der Waals surface area contributed by atoms with Gasteiger partial charge < -0.3 is 10.1 Å². The van der Waals surface area contributed by atoms with E-state index in [4.69, 9.17) is 4.74 Å². The Kier molecular flexibility index (Phi) is 9.97. The van der Waals surface area contributed by atoms with Gasteiger partial charge in [0.15, 0.2) is 0 Å². The van der Waals surface area contributed by atoms with Crippen molar-refractivity contribution in [1.29, 1.82) is 0 Å². The van der Waals surface area contributed by atoms with Gasteiger partial charge in [0, 0.05) is 47.2 Å². The van der Waals surface area contributed by atoms with Crippen LogP contribution in [-0.4, -0.2) is 33.8 Å². The third-order valence-electron chi connectivity index (χ3n) is 5.94. The first-order valence-electron chi connectivity index (χ1n) is 12.9. The molecule has 4 aromatic rings. The summed E-state index contributed by atoms with van der Waals surface area (Å²) >= 11 is 0. The Morgan fingerprint density at radius 2 is 1.48 bits per heavy atom. The Hall–Kier alpha value is -6.50. The molecule has 0 atom stereocenters. The molecule has 0 fully saturated rings. The summed E-state index contributed by atoms with van der Waals surface area (Å²) < 4.78 is 5.29. The second-order valence-electron chi connectivity index (χ2n) is 9.07. The maximum absolute atomic E-state index is 12.6. The van der Waals surface area contributed by atoms with Crippen LogP contribution in [0.5, 0.6) is 5.75 Å². The first-order chi connectivity index (χ1) is 21.2. The molecule has 2 N–H and O–H groups in total. The van der Waals surface area contributed by atoms with Crippen molar-refractivity contribution in [3.8, 4) is 5.75 Å². The van der Waals surface area contributed by atoms with Crippen molar-refractivity contribution in [1.82, 2.24) is 5.43 Å². The van der Waals surface area contributed by atoms with Crippen LogP contribution in [0.15, 0.2) is 108 Å². The fraction of sp³-hybridized carbons (Fsp3) is 0.0323. The lowest BCUT2D eigenvalue weighted by molar-refractivity contribution is -0.385. The topological polar surface area (TPSA) is 183 Å².